The van der Waals surface area contributed by atoms with Crippen LogP contribution >= 0.6 is 0 Å². The van der Waals surface area contributed by atoms with E-state index in [1.807, 2.05) is 6.92 Å². The van der Waals surface area contributed by atoms with Gasteiger partial charge in [-0.25, -0.2) is 8.42 Å². The quantitative estimate of drug-likeness (QED) is 0.632. The van der Waals surface area contributed by atoms with Gasteiger partial charge in [-0.05, 0) is 31.9 Å². The molecule has 1 aromatic rings. The zero-order valence-corrected chi connectivity index (χ0v) is 16.8. The van der Waals surface area contributed by atoms with Crippen molar-refractivity contribution in [1.29, 1.82) is 0 Å². The molecule has 0 radical (unpaired) electrons. The summed E-state index contributed by atoms with van der Waals surface area (Å²) < 4.78 is 37.8. The van der Waals surface area contributed by atoms with E-state index in [1.165, 1.54) is 30.7 Å². The predicted molar refractivity (Wildman–Crippen MR) is 99.6 cm³/mol. The van der Waals surface area contributed by atoms with E-state index in [0.717, 1.165) is 17.7 Å². The fourth-order valence-corrected chi connectivity index (χ4v) is 4.77. The largest absolute Gasteiger partial charge is 0.493 e. The van der Waals surface area contributed by atoms with Crippen LogP contribution in [0.25, 0.3) is 0 Å². The summed E-state index contributed by atoms with van der Waals surface area (Å²) in [5, 5.41) is 3.02. The Balaban J connectivity index is 1.65. The molecule has 1 aromatic carbocycles. The van der Waals surface area contributed by atoms with Gasteiger partial charge in [0.2, 0.25) is 10.0 Å². The highest BCUT2D eigenvalue weighted by molar-refractivity contribution is 7.89. The Hall–Kier alpha value is -1.84. The third-order valence-corrected chi connectivity index (χ3v) is 7.18. The maximum absolute atomic E-state index is 13.0. The molecule has 27 heavy (non-hydrogen) atoms. The van der Waals surface area contributed by atoms with Crippen LogP contribution in [0.15, 0.2) is 23.1 Å². The first-order valence-corrected chi connectivity index (χ1v) is 10.7. The van der Waals surface area contributed by atoms with Gasteiger partial charge in [0, 0.05) is 12.1 Å². The highest BCUT2D eigenvalue weighted by Gasteiger charge is 2.36. The number of piperazine rings is 1. The maximum atomic E-state index is 13.0. The number of carbonyl (C=O) groups excluding carboxylic acids is 1. The van der Waals surface area contributed by atoms with Gasteiger partial charge in [-0.15, -0.1) is 0 Å². The van der Waals surface area contributed by atoms with Gasteiger partial charge < -0.3 is 19.7 Å². The lowest BCUT2D eigenvalue weighted by Crippen LogP contribution is -3.19. The van der Waals surface area contributed by atoms with E-state index in [-0.39, 0.29) is 16.8 Å². The standard InChI is InChI=1S/C18H27N3O5S/c1-13(18(22)19-14-4-5-14)20-8-10-21(11-9-20)27(23,24)15-6-7-16(25-2)17(12-15)26-3/h6-7,12-14H,4-5,8-11H2,1-3H3,(H,19,22)/p+1/t13-/m1/s1. The Morgan fingerprint density at radius 2 is 1.81 bits per heavy atom. The maximum Gasteiger partial charge on any atom is 0.278 e. The minimum Gasteiger partial charge on any atom is -0.493 e. The van der Waals surface area contributed by atoms with Crippen LogP contribution < -0.4 is 19.7 Å². The predicted octanol–water partition coefficient (Wildman–Crippen LogP) is -0.740. The molecule has 2 fully saturated rings. The minimum atomic E-state index is -3.61. The van der Waals surface area contributed by atoms with Crippen molar-refractivity contribution < 1.29 is 27.6 Å². The molecule has 1 aliphatic heterocycles. The molecule has 1 heterocycles. The summed E-state index contributed by atoms with van der Waals surface area (Å²) in [7, 11) is -0.629. The zero-order chi connectivity index (χ0) is 19.6. The summed E-state index contributed by atoms with van der Waals surface area (Å²) in [6, 6.07) is 4.78. The molecular weight excluding hydrogens is 370 g/mol. The average molecular weight is 399 g/mol. The van der Waals surface area contributed by atoms with Gasteiger partial charge in [0.05, 0.1) is 45.3 Å². The van der Waals surface area contributed by atoms with E-state index < -0.39 is 10.0 Å². The van der Waals surface area contributed by atoms with E-state index >= 15 is 0 Å². The van der Waals surface area contributed by atoms with Crippen molar-refractivity contribution in [3.05, 3.63) is 18.2 Å². The second-order valence-electron chi connectivity index (χ2n) is 7.08. The van der Waals surface area contributed by atoms with Crippen molar-refractivity contribution in [2.75, 3.05) is 40.4 Å². The summed E-state index contributed by atoms with van der Waals surface area (Å²) in [5.74, 6) is 0.929. The highest BCUT2D eigenvalue weighted by Crippen LogP contribution is 2.30. The van der Waals surface area contributed by atoms with Crippen LogP contribution in [-0.4, -0.2) is 71.1 Å². The molecule has 1 saturated carbocycles. The second kappa shape index (κ2) is 8.04. The number of hydrogen-bond donors (Lipinski definition) is 2. The molecule has 0 bridgehead atoms. The molecule has 0 unspecified atom stereocenters. The van der Waals surface area contributed by atoms with Crippen LogP contribution in [-0.2, 0) is 14.8 Å². The number of amides is 1. The Labute approximate surface area is 160 Å². The molecule has 1 atom stereocenters. The number of nitrogens with zero attached hydrogens (tertiary/aromatic N) is 1. The van der Waals surface area contributed by atoms with Crippen molar-refractivity contribution in [3.8, 4) is 11.5 Å². The third-order valence-electron chi connectivity index (χ3n) is 5.29. The summed E-state index contributed by atoms with van der Waals surface area (Å²) in [6.45, 7) is 3.88. The fraction of sp³-hybridized carbons (Fsp3) is 0.611. The molecule has 0 aromatic heterocycles. The smallest absolute Gasteiger partial charge is 0.278 e. The Morgan fingerprint density at radius 1 is 1.19 bits per heavy atom. The average Bonchev–Trinajstić information content (AvgIpc) is 3.50. The zero-order valence-electron chi connectivity index (χ0n) is 16.0. The lowest BCUT2D eigenvalue weighted by atomic mass is 10.2. The molecule has 0 spiro atoms. The molecule has 1 saturated heterocycles. The van der Waals surface area contributed by atoms with Gasteiger partial charge in [-0.2, -0.15) is 4.31 Å². The summed E-state index contributed by atoms with van der Waals surface area (Å²) in [4.78, 5) is 13.5. The number of carbonyl (C=O) groups is 1. The minimum absolute atomic E-state index is 0.0590. The van der Waals surface area contributed by atoms with Crippen molar-refractivity contribution in [2.24, 2.45) is 0 Å². The SMILES string of the molecule is COc1ccc(S(=O)(=O)N2CC[NH+]([C@H](C)C(=O)NC3CC3)CC2)cc1OC. The van der Waals surface area contributed by atoms with Crippen LogP contribution in [0.3, 0.4) is 0 Å². The van der Waals surface area contributed by atoms with Crippen LogP contribution in [0.1, 0.15) is 19.8 Å². The van der Waals surface area contributed by atoms with Gasteiger partial charge in [-0.3, -0.25) is 4.79 Å². The van der Waals surface area contributed by atoms with Crippen molar-refractivity contribution in [3.63, 3.8) is 0 Å². The number of nitrogens with one attached hydrogen (secondary N) is 2. The number of quaternary nitrogens is 1. The Morgan fingerprint density at radius 3 is 2.37 bits per heavy atom. The summed E-state index contributed by atoms with van der Waals surface area (Å²) in [5.41, 5.74) is 0. The van der Waals surface area contributed by atoms with Crippen molar-refractivity contribution in [1.82, 2.24) is 9.62 Å². The highest BCUT2D eigenvalue weighted by atomic mass is 32.2. The van der Waals surface area contributed by atoms with Gasteiger partial charge in [0.25, 0.3) is 5.91 Å². The number of sulfonamides is 1. The van der Waals surface area contributed by atoms with E-state index in [9.17, 15) is 13.2 Å². The lowest BCUT2D eigenvalue weighted by Gasteiger charge is -2.34. The molecule has 2 aliphatic rings. The molecule has 9 heteroatoms. The van der Waals surface area contributed by atoms with Gasteiger partial charge in [0.15, 0.2) is 17.5 Å². The first kappa shape index (κ1) is 19.9. The number of methoxy groups -OCH3 is 2. The number of hydrogen-bond acceptors (Lipinski definition) is 5. The normalized spacial score (nSPS) is 20.1. The van der Waals surface area contributed by atoms with Crippen LogP contribution in [0.2, 0.25) is 0 Å². The molecule has 150 valence electrons. The second-order valence-corrected chi connectivity index (χ2v) is 9.02. The molecule has 8 nitrogen and oxygen atoms in total. The summed E-state index contributed by atoms with van der Waals surface area (Å²) >= 11 is 0. The Kier molecular flexibility index (Phi) is 5.92. The molecule has 3 rings (SSSR count). The van der Waals surface area contributed by atoms with E-state index in [2.05, 4.69) is 5.32 Å². The van der Waals surface area contributed by atoms with Crippen molar-refractivity contribution in [2.45, 2.75) is 36.7 Å². The first-order chi connectivity index (χ1) is 12.9. The molecule has 2 N–H and O–H groups in total. The fourth-order valence-electron chi connectivity index (χ4n) is 3.31. The van der Waals surface area contributed by atoms with Gasteiger partial charge in [-0.1, -0.05) is 0 Å². The number of benzene rings is 1. The van der Waals surface area contributed by atoms with Crippen LogP contribution in [0.4, 0.5) is 0 Å². The third kappa shape index (κ3) is 4.36. The van der Waals surface area contributed by atoms with Gasteiger partial charge in [0.1, 0.15) is 0 Å². The molecular formula is C18H28N3O5S+. The van der Waals surface area contributed by atoms with E-state index in [1.54, 1.807) is 6.07 Å². The first-order valence-electron chi connectivity index (χ1n) is 9.24. The topological polar surface area (TPSA) is 89.4 Å². The van der Waals surface area contributed by atoms with Crippen LogP contribution in [0.5, 0.6) is 11.5 Å². The Bertz CT molecular complexity index is 786. The number of rotatable bonds is 7. The molecule has 1 amide bonds. The summed E-state index contributed by atoms with van der Waals surface area (Å²) in [6.07, 6.45) is 2.12. The van der Waals surface area contributed by atoms with Crippen LogP contribution in [0, 0.1) is 0 Å². The monoisotopic (exact) mass is 398 g/mol. The number of ether oxygens (including phenoxy) is 2. The van der Waals surface area contributed by atoms with Gasteiger partial charge >= 0.3 is 0 Å². The van der Waals surface area contributed by atoms with Crippen molar-refractivity contribution >= 4 is 15.9 Å². The lowest BCUT2D eigenvalue weighted by molar-refractivity contribution is -0.917. The molecule has 1 aliphatic carbocycles. The van der Waals surface area contributed by atoms with E-state index in [4.69, 9.17) is 9.47 Å². The van der Waals surface area contributed by atoms with E-state index in [0.29, 0.717) is 43.7 Å².